The number of carbonyl (C=O) groups is 2. The fourth-order valence-electron chi connectivity index (χ4n) is 1.91. The van der Waals surface area contributed by atoms with Gasteiger partial charge in [0.05, 0.1) is 5.69 Å². The van der Waals surface area contributed by atoms with E-state index in [1.165, 1.54) is 17.9 Å². The maximum absolute atomic E-state index is 11.7. The third kappa shape index (κ3) is 1.78. The second-order valence-electron chi connectivity index (χ2n) is 4.00. The summed E-state index contributed by atoms with van der Waals surface area (Å²) in [4.78, 5) is 24.4. The Hall–Kier alpha value is -1.84. The number of amides is 1. The van der Waals surface area contributed by atoms with Crippen LogP contribution >= 0.6 is 0 Å². The first-order valence-electron chi connectivity index (χ1n) is 5.18. The number of phenolic OH excluding ortho intramolecular Hbond substituents is 1. The van der Waals surface area contributed by atoms with Gasteiger partial charge in [-0.3, -0.25) is 9.59 Å². The molecule has 1 saturated heterocycles. The van der Waals surface area contributed by atoms with E-state index in [1.807, 2.05) is 0 Å². The Morgan fingerprint density at radius 2 is 2.12 bits per heavy atom. The molecule has 1 atom stereocenters. The van der Waals surface area contributed by atoms with Crippen LogP contribution in [0.1, 0.15) is 13.3 Å². The molecule has 1 heterocycles. The van der Waals surface area contributed by atoms with E-state index in [0.29, 0.717) is 12.2 Å². The molecule has 0 spiro atoms. The van der Waals surface area contributed by atoms with Crippen LogP contribution < -0.4 is 4.90 Å². The molecule has 4 nitrogen and oxygen atoms in total. The zero-order valence-electron chi connectivity index (χ0n) is 9.01. The Morgan fingerprint density at radius 3 is 2.69 bits per heavy atom. The lowest BCUT2D eigenvalue weighted by atomic mass is 10.1. The average molecular weight is 219 g/mol. The summed E-state index contributed by atoms with van der Waals surface area (Å²) < 4.78 is 0. The number of hydrogen-bond acceptors (Lipinski definition) is 3. The Labute approximate surface area is 93.5 Å². The van der Waals surface area contributed by atoms with Crippen molar-refractivity contribution in [2.45, 2.75) is 13.3 Å². The van der Waals surface area contributed by atoms with E-state index in [4.69, 9.17) is 0 Å². The predicted octanol–water partition coefficient (Wildman–Crippen LogP) is 1.33. The molecular weight excluding hydrogens is 206 g/mol. The number of carbonyl (C=O) groups excluding carboxylic acids is 2. The molecule has 1 amide bonds. The molecule has 4 heteroatoms. The van der Waals surface area contributed by atoms with E-state index in [1.54, 1.807) is 18.2 Å². The molecule has 84 valence electrons. The van der Waals surface area contributed by atoms with Crippen molar-refractivity contribution in [1.82, 2.24) is 0 Å². The number of phenols is 1. The smallest absolute Gasteiger partial charge is 0.227 e. The number of anilines is 1. The van der Waals surface area contributed by atoms with E-state index < -0.39 is 0 Å². The van der Waals surface area contributed by atoms with Crippen molar-refractivity contribution in [1.29, 1.82) is 0 Å². The van der Waals surface area contributed by atoms with Gasteiger partial charge >= 0.3 is 0 Å². The summed E-state index contributed by atoms with van der Waals surface area (Å²) in [5.41, 5.74) is 0.483. The van der Waals surface area contributed by atoms with Gasteiger partial charge in [0.15, 0.2) is 0 Å². The highest BCUT2D eigenvalue weighted by Gasteiger charge is 2.34. The number of Topliss-reactive ketones (excluding diaryl/α,β-unsaturated/α-hetero) is 1. The van der Waals surface area contributed by atoms with Gasteiger partial charge in [0.2, 0.25) is 5.91 Å². The molecule has 1 aliphatic rings. The second kappa shape index (κ2) is 3.96. The van der Waals surface area contributed by atoms with E-state index >= 15 is 0 Å². The van der Waals surface area contributed by atoms with Crippen LogP contribution in [-0.4, -0.2) is 23.3 Å². The van der Waals surface area contributed by atoms with Crippen molar-refractivity contribution >= 4 is 17.4 Å². The summed E-state index contributed by atoms with van der Waals surface area (Å²) in [6.07, 6.45) is 0.240. The molecule has 0 saturated carbocycles. The first-order chi connectivity index (χ1) is 7.59. The van der Waals surface area contributed by atoms with Crippen LogP contribution in [-0.2, 0) is 9.59 Å². The quantitative estimate of drug-likeness (QED) is 0.816. The van der Waals surface area contributed by atoms with Crippen LogP contribution in [0.2, 0.25) is 0 Å². The molecule has 16 heavy (non-hydrogen) atoms. The standard InChI is InChI=1S/C12H13NO3/c1-8(14)9-6-12(16)13(7-9)10-4-2-3-5-11(10)15/h2-5,9,15H,6-7H2,1H3. The van der Waals surface area contributed by atoms with Crippen LogP contribution in [0.15, 0.2) is 24.3 Å². The molecule has 1 fully saturated rings. The molecule has 1 aromatic carbocycles. The third-order valence-corrected chi connectivity index (χ3v) is 2.87. The lowest BCUT2D eigenvalue weighted by molar-refractivity contribution is -0.123. The van der Waals surface area contributed by atoms with Gasteiger partial charge in [-0.2, -0.15) is 0 Å². The molecule has 0 bridgehead atoms. The number of aromatic hydroxyl groups is 1. The third-order valence-electron chi connectivity index (χ3n) is 2.87. The fraction of sp³-hybridized carbons (Fsp3) is 0.333. The molecular formula is C12H13NO3. The SMILES string of the molecule is CC(=O)C1CC(=O)N(c2ccccc2O)C1. The number of rotatable bonds is 2. The van der Waals surface area contributed by atoms with Crippen LogP contribution in [0.3, 0.4) is 0 Å². The first kappa shape index (κ1) is 10.7. The largest absolute Gasteiger partial charge is 0.506 e. The van der Waals surface area contributed by atoms with Gasteiger partial charge < -0.3 is 10.0 Å². The lowest BCUT2D eigenvalue weighted by Gasteiger charge is -2.17. The van der Waals surface area contributed by atoms with Gasteiger partial charge in [-0.15, -0.1) is 0 Å². The molecule has 0 aliphatic carbocycles. The van der Waals surface area contributed by atoms with Gasteiger partial charge in [0.25, 0.3) is 0 Å². The minimum atomic E-state index is -0.243. The molecule has 1 unspecified atom stereocenters. The van der Waals surface area contributed by atoms with E-state index in [0.717, 1.165) is 0 Å². The summed E-state index contributed by atoms with van der Waals surface area (Å²) in [5.74, 6) is -0.264. The lowest BCUT2D eigenvalue weighted by Crippen LogP contribution is -2.25. The number of hydrogen-bond donors (Lipinski definition) is 1. The van der Waals surface area contributed by atoms with Gasteiger partial charge in [0, 0.05) is 18.9 Å². The van der Waals surface area contributed by atoms with Crippen LogP contribution in [0, 0.1) is 5.92 Å². The zero-order valence-corrected chi connectivity index (χ0v) is 9.01. The number of ketones is 1. The normalized spacial score (nSPS) is 20.2. The zero-order chi connectivity index (χ0) is 11.7. The second-order valence-corrected chi connectivity index (χ2v) is 4.00. The Kier molecular flexibility index (Phi) is 2.64. The van der Waals surface area contributed by atoms with Crippen LogP contribution in [0.5, 0.6) is 5.75 Å². The van der Waals surface area contributed by atoms with Crippen molar-refractivity contribution in [3.8, 4) is 5.75 Å². The van der Waals surface area contributed by atoms with Crippen molar-refractivity contribution < 1.29 is 14.7 Å². The molecule has 1 aliphatic heterocycles. The summed E-state index contributed by atoms with van der Waals surface area (Å²) in [6.45, 7) is 1.86. The average Bonchev–Trinajstić information content (AvgIpc) is 2.61. The predicted molar refractivity (Wildman–Crippen MR) is 59.2 cm³/mol. The summed E-state index contributed by atoms with van der Waals surface area (Å²) in [7, 11) is 0. The van der Waals surface area contributed by atoms with Crippen molar-refractivity contribution in [3.05, 3.63) is 24.3 Å². The van der Waals surface area contributed by atoms with Crippen molar-refractivity contribution in [2.75, 3.05) is 11.4 Å². The number of para-hydroxylation sites is 2. The van der Waals surface area contributed by atoms with Crippen LogP contribution in [0.4, 0.5) is 5.69 Å². The Balaban J connectivity index is 2.27. The maximum Gasteiger partial charge on any atom is 0.227 e. The van der Waals surface area contributed by atoms with E-state index in [-0.39, 0.29) is 29.8 Å². The summed E-state index contributed by atoms with van der Waals surface area (Å²) in [5, 5.41) is 9.63. The van der Waals surface area contributed by atoms with Crippen LogP contribution in [0.25, 0.3) is 0 Å². The Morgan fingerprint density at radius 1 is 1.44 bits per heavy atom. The fourth-order valence-corrected chi connectivity index (χ4v) is 1.91. The minimum Gasteiger partial charge on any atom is -0.506 e. The molecule has 0 radical (unpaired) electrons. The highest BCUT2D eigenvalue weighted by Crippen LogP contribution is 2.31. The molecule has 2 rings (SSSR count). The minimum absolute atomic E-state index is 0.0197. The maximum atomic E-state index is 11.7. The first-order valence-corrected chi connectivity index (χ1v) is 5.18. The van der Waals surface area contributed by atoms with Gasteiger partial charge in [0.1, 0.15) is 11.5 Å². The number of benzene rings is 1. The molecule has 1 aromatic rings. The van der Waals surface area contributed by atoms with E-state index in [2.05, 4.69) is 0 Å². The van der Waals surface area contributed by atoms with Crippen molar-refractivity contribution in [2.24, 2.45) is 5.92 Å². The monoisotopic (exact) mass is 219 g/mol. The Bertz CT molecular complexity index is 442. The number of nitrogens with zero attached hydrogens (tertiary/aromatic N) is 1. The van der Waals surface area contributed by atoms with Gasteiger partial charge in [-0.1, -0.05) is 12.1 Å². The van der Waals surface area contributed by atoms with Gasteiger partial charge in [-0.25, -0.2) is 0 Å². The van der Waals surface area contributed by atoms with Crippen molar-refractivity contribution in [3.63, 3.8) is 0 Å². The van der Waals surface area contributed by atoms with E-state index in [9.17, 15) is 14.7 Å². The molecule has 0 aromatic heterocycles. The van der Waals surface area contributed by atoms with Gasteiger partial charge in [-0.05, 0) is 19.1 Å². The summed E-state index contributed by atoms with van der Waals surface area (Å²) >= 11 is 0. The highest BCUT2D eigenvalue weighted by molar-refractivity contribution is 6.01. The highest BCUT2D eigenvalue weighted by atomic mass is 16.3. The molecule has 1 N–H and O–H groups in total. The topological polar surface area (TPSA) is 57.6 Å². The summed E-state index contributed by atoms with van der Waals surface area (Å²) in [6, 6.07) is 6.66.